The minimum Gasteiger partial charge on any atom is -0.303 e. The molecule has 0 radical (unpaired) electrons. The number of hydrogen-bond acceptors (Lipinski definition) is 3. The second-order valence-corrected chi connectivity index (χ2v) is 3.48. The van der Waals surface area contributed by atoms with Gasteiger partial charge in [-0.1, -0.05) is 0 Å². The summed E-state index contributed by atoms with van der Waals surface area (Å²) in [6.07, 6.45) is 4.17. The van der Waals surface area contributed by atoms with Gasteiger partial charge in [-0.25, -0.2) is 0 Å². The normalized spacial score (nSPS) is 24.6. The number of likely N-dealkylation sites (tertiary alicyclic amines) is 1. The molecule has 4 nitrogen and oxygen atoms in total. The van der Waals surface area contributed by atoms with Crippen molar-refractivity contribution in [2.24, 2.45) is 0 Å². The molecule has 1 aliphatic heterocycles. The molecule has 1 unspecified atom stereocenters. The molecule has 1 aliphatic rings. The standard InChI is InChI=1S/C8H16N2O2/c1-9-6-2-4-8(9)5-3-7-10(11)12/h8H,2-7H2,1H3. The predicted octanol–water partition coefficient (Wildman–Crippen LogP) is 1.14. The third kappa shape index (κ3) is 2.77. The quantitative estimate of drug-likeness (QED) is 0.472. The van der Waals surface area contributed by atoms with Crippen molar-refractivity contribution in [3.8, 4) is 0 Å². The molecular formula is C8H16N2O2. The van der Waals surface area contributed by atoms with Gasteiger partial charge >= 0.3 is 0 Å². The van der Waals surface area contributed by atoms with Crippen molar-refractivity contribution in [1.29, 1.82) is 0 Å². The van der Waals surface area contributed by atoms with Gasteiger partial charge < -0.3 is 4.90 Å². The van der Waals surface area contributed by atoms with Gasteiger partial charge in [0.25, 0.3) is 0 Å². The molecule has 0 aromatic heterocycles. The zero-order valence-electron chi connectivity index (χ0n) is 7.53. The first-order valence-electron chi connectivity index (χ1n) is 4.52. The highest BCUT2D eigenvalue weighted by Crippen LogP contribution is 2.18. The Morgan fingerprint density at radius 1 is 1.67 bits per heavy atom. The minimum absolute atomic E-state index is 0.129. The second-order valence-electron chi connectivity index (χ2n) is 3.48. The van der Waals surface area contributed by atoms with Crippen LogP contribution in [0.3, 0.4) is 0 Å². The molecule has 0 bridgehead atoms. The molecule has 0 N–H and O–H groups in total. The van der Waals surface area contributed by atoms with Crippen LogP contribution in [0.1, 0.15) is 25.7 Å². The summed E-state index contributed by atoms with van der Waals surface area (Å²) in [5.41, 5.74) is 0. The molecule has 12 heavy (non-hydrogen) atoms. The molecule has 0 aromatic carbocycles. The van der Waals surface area contributed by atoms with E-state index >= 15 is 0 Å². The van der Waals surface area contributed by atoms with E-state index in [1.807, 2.05) is 0 Å². The number of hydrogen-bond donors (Lipinski definition) is 0. The summed E-state index contributed by atoms with van der Waals surface area (Å²) in [4.78, 5) is 12.1. The Hall–Kier alpha value is -0.640. The summed E-state index contributed by atoms with van der Waals surface area (Å²) in [5.74, 6) is 0. The topological polar surface area (TPSA) is 46.4 Å². The van der Waals surface area contributed by atoms with Gasteiger partial charge in [0.2, 0.25) is 6.54 Å². The zero-order valence-corrected chi connectivity index (χ0v) is 7.53. The average Bonchev–Trinajstić information content (AvgIpc) is 2.36. The summed E-state index contributed by atoms with van der Waals surface area (Å²) in [6.45, 7) is 1.29. The summed E-state index contributed by atoms with van der Waals surface area (Å²) in [7, 11) is 2.10. The van der Waals surface area contributed by atoms with Gasteiger partial charge in [0, 0.05) is 17.4 Å². The van der Waals surface area contributed by atoms with Crippen LogP contribution in [0.2, 0.25) is 0 Å². The van der Waals surface area contributed by atoms with Crippen molar-refractivity contribution in [3.63, 3.8) is 0 Å². The predicted molar refractivity (Wildman–Crippen MR) is 46.7 cm³/mol. The van der Waals surface area contributed by atoms with E-state index in [1.54, 1.807) is 0 Å². The third-order valence-electron chi connectivity index (χ3n) is 2.55. The monoisotopic (exact) mass is 172 g/mol. The van der Waals surface area contributed by atoms with Gasteiger partial charge in [0.1, 0.15) is 0 Å². The van der Waals surface area contributed by atoms with Gasteiger partial charge in [0.15, 0.2) is 0 Å². The molecule has 0 amide bonds. The largest absolute Gasteiger partial charge is 0.303 e. The molecular weight excluding hydrogens is 156 g/mol. The fourth-order valence-corrected chi connectivity index (χ4v) is 1.80. The molecule has 70 valence electrons. The molecule has 4 heteroatoms. The molecule has 0 saturated carbocycles. The Morgan fingerprint density at radius 3 is 2.92 bits per heavy atom. The zero-order chi connectivity index (χ0) is 8.97. The number of rotatable bonds is 4. The summed E-state index contributed by atoms with van der Waals surface area (Å²) >= 11 is 0. The molecule has 0 spiro atoms. The van der Waals surface area contributed by atoms with Crippen molar-refractivity contribution < 1.29 is 4.92 Å². The highest BCUT2D eigenvalue weighted by Gasteiger charge is 2.20. The second kappa shape index (κ2) is 4.40. The summed E-state index contributed by atoms with van der Waals surface area (Å²) in [5, 5.41) is 10.0. The van der Waals surface area contributed by atoms with E-state index in [2.05, 4.69) is 11.9 Å². The Bertz CT molecular complexity index is 161. The van der Waals surface area contributed by atoms with Crippen LogP contribution in [0.4, 0.5) is 0 Å². The lowest BCUT2D eigenvalue weighted by atomic mass is 10.1. The van der Waals surface area contributed by atoms with Crippen LogP contribution in [0.15, 0.2) is 0 Å². The van der Waals surface area contributed by atoms with Crippen molar-refractivity contribution in [3.05, 3.63) is 10.1 Å². The van der Waals surface area contributed by atoms with E-state index in [1.165, 1.54) is 12.8 Å². The number of nitrogens with zero attached hydrogens (tertiary/aromatic N) is 2. The van der Waals surface area contributed by atoms with E-state index in [0.717, 1.165) is 19.4 Å². The third-order valence-corrected chi connectivity index (χ3v) is 2.55. The molecule has 1 atom stereocenters. The van der Waals surface area contributed by atoms with E-state index in [9.17, 15) is 10.1 Å². The fourth-order valence-electron chi connectivity index (χ4n) is 1.80. The first kappa shape index (κ1) is 9.45. The maximum absolute atomic E-state index is 10.0. The Balaban J connectivity index is 2.10. The summed E-state index contributed by atoms with van der Waals surface area (Å²) < 4.78 is 0. The molecule has 1 saturated heterocycles. The average molecular weight is 172 g/mol. The van der Waals surface area contributed by atoms with Crippen molar-refractivity contribution in [2.45, 2.75) is 31.7 Å². The lowest BCUT2D eigenvalue weighted by Gasteiger charge is -2.17. The lowest BCUT2D eigenvalue weighted by Crippen LogP contribution is -2.25. The van der Waals surface area contributed by atoms with Gasteiger partial charge in [-0.15, -0.1) is 0 Å². The van der Waals surface area contributed by atoms with E-state index in [0.29, 0.717) is 6.04 Å². The molecule has 1 heterocycles. The highest BCUT2D eigenvalue weighted by molar-refractivity contribution is 4.75. The van der Waals surface area contributed by atoms with Crippen molar-refractivity contribution in [1.82, 2.24) is 4.90 Å². The minimum atomic E-state index is -0.227. The Morgan fingerprint density at radius 2 is 2.42 bits per heavy atom. The summed E-state index contributed by atoms with van der Waals surface area (Å²) in [6, 6.07) is 0.602. The van der Waals surface area contributed by atoms with Crippen LogP contribution in [0.25, 0.3) is 0 Å². The Labute approximate surface area is 72.7 Å². The maximum Gasteiger partial charge on any atom is 0.203 e. The van der Waals surface area contributed by atoms with E-state index < -0.39 is 0 Å². The molecule has 0 aromatic rings. The fraction of sp³-hybridized carbons (Fsp3) is 1.00. The Kier molecular flexibility index (Phi) is 3.47. The highest BCUT2D eigenvalue weighted by atomic mass is 16.6. The van der Waals surface area contributed by atoms with Crippen LogP contribution in [0, 0.1) is 10.1 Å². The van der Waals surface area contributed by atoms with Crippen LogP contribution in [-0.2, 0) is 0 Å². The van der Waals surface area contributed by atoms with Crippen LogP contribution in [0.5, 0.6) is 0 Å². The van der Waals surface area contributed by atoms with Gasteiger partial charge in [-0.2, -0.15) is 0 Å². The van der Waals surface area contributed by atoms with Gasteiger partial charge in [-0.3, -0.25) is 10.1 Å². The maximum atomic E-state index is 10.0. The van der Waals surface area contributed by atoms with E-state index in [4.69, 9.17) is 0 Å². The van der Waals surface area contributed by atoms with Gasteiger partial charge in [0.05, 0.1) is 0 Å². The number of nitro groups is 1. The molecule has 0 aliphatic carbocycles. The van der Waals surface area contributed by atoms with E-state index in [-0.39, 0.29) is 11.5 Å². The first-order chi connectivity index (χ1) is 5.70. The van der Waals surface area contributed by atoms with Gasteiger partial charge in [-0.05, 0) is 32.9 Å². The van der Waals surface area contributed by atoms with Crippen molar-refractivity contribution in [2.75, 3.05) is 20.1 Å². The molecule has 1 fully saturated rings. The van der Waals surface area contributed by atoms with Crippen LogP contribution in [-0.4, -0.2) is 36.0 Å². The smallest absolute Gasteiger partial charge is 0.203 e. The SMILES string of the molecule is CN1CCCC1CCC[N+](=O)[O-]. The van der Waals surface area contributed by atoms with Crippen molar-refractivity contribution >= 4 is 0 Å². The first-order valence-corrected chi connectivity index (χ1v) is 4.52. The van der Waals surface area contributed by atoms with Crippen LogP contribution < -0.4 is 0 Å². The lowest BCUT2D eigenvalue weighted by molar-refractivity contribution is -0.480. The molecule has 1 rings (SSSR count). The van der Waals surface area contributed by atoms with Crippen LogP contribution >= 0.6 is 0 Å².